The van der Waals surface area contributed by atoms with Gasteiger partial charge >= 0.3 is 5.97 Å². The van der Waals surface area contributed by atoms with Crippen molar-refractivity contribution in [3.8, 4) is 0 Å². The summed E-state index contributed by atoms with van der Waals surface area (Å²) in [6.07, 6.45) is 0. The molecule has 0 unspecified atom stereocenters. The molecule has 4 rings (SSSR count). The van der Waals surface area contributed by atoms with Gasteiger partial charge in [-0.3, -0.25) is 0 Å². The van der Waals surface area contributed by atoms with Crippen molar-refractivity contribution in [3.05, 3.63) is 58.5 Å². The molecular weight excluding hydrogens is 432 g/mol. The Balaban J connectivity index is 1.65. The molecule has 2 aromatic carbocycles. The van der Waals surface area contributed by atoms with E-state index in [2.05, 4.69) is 36.9 Å². The molecular formula is C23H26N2O4S2. The van der Waals surface area contributed by atoms with Crippen LogP contribution < -0.4 is 4.90 Å². The van der Waals surface area contributed by atoms with Crippen LogP contribution in [0, 0.1) is 13.8 Å². The van der Waals surface area contributed by atoms with Crippen molar-refractivity contribution >= 4 is 43.1 Å². The first-order valence-corrected chi connectivity index (χ1v) is 12.6. The van der Waals surface area contributed by atoms with Gasteiger partial charge in [0.1, 0.15) is 9.77 Å². The van der Waals surface area contributed by atoms with Gasteiger partial charge in [0.05, 0.1) is 6.61 Å². The first-order valence-electron chi connectivity index (χ1n) is 10.3. The van der Waals surface area contributed by atoms with E-state index < -0.39 is 16.0 Å². The number of rotatable bonds is 5. The number of benzene rings is 2. The minimum Gasteiger partial charge on any atom is -0.462 e. The molecule has 0 atom stereocenters. The van der Waals surface area contributed by atoms with E-state index in [-0.39, 0.29) is 16.4 Å². The van der Waals surface area contributed by atoms with Gasteiger partial charge < -0.3 is 9.64 Å². The molecule has 164 valence electrons. The molecule has 6 nitrogen and oxygen atoms in total. The molecule has 1 fully saturated rings. The number of esters is 1. The lowest BCUT2D eigenvalue weighted by Crippen LogP contribution is -2.49. The van der Waals surface area contributed by atoms with Crippen LogP contribution in [0.1, 0.15) is 27.7 Å². The van der Waals surface area contributed by atoms with E-state index in [0.29, 0.717) is 31.6 Å². The summed E-state index contributed by atoms with van der Waals surface area (Å²) >= 11 is 1.17. The van der Waals surface area contributed by atoms with Crippen LogP contribution in [-0.2, 0) is 14.8 Å². The molecule has 1 aliphatic heterocycles. The zero-order valence-electron chi connectivity index (χ0n) is 17.9. The fourth-order valence-electron chi connectivity index (χ4n) is 4.07. The molecule has 8 heteroatoms. The van der Waals surface area contributed by atoms with E-state index in [4.69, 9.17) is 4.74 Å². The second-order valence-electron chi connectivity index (χ2n) is 7.66. The molecule has 0 amide bonds. The number of aryl methyl sites for hydroxylation is 2. The minimum absolute atomic E-state index is 0.0755. The quantitative estimate of drug-likeness (QED) is 0.536. The lowest BCUT2D eigenvalue weighted by atomic mass is 10.1. The molecule has 0 bridgehead atoms. The third-order valence-corrected chi connectivity index (χ3v) is 8.81. The summed E-state index contributed by atoms with van der Waals surface area (Å²) in [4.78, 5) is 15.0. The molecule has 0 aliphatic carbocycles. The standard InChI is InChI=1S/C23H26N2O4S2/c1-4-29-23(26)21-22(18-7-5-6-8-20(18)30-21)31(27,28)25-13-11-24(12-14-25)19-10-9-16(2)15-17(19)3/h5-10,15H,4,11-14H2,1-3H3. The minimum atomic E-state index is -3.85. The normalized spacial score (nSPS) is 15.4. The van der Waals surface area contributed by atoms with Crippen LogP contribution in [0.5, 0.6) is 0 Å². The predicted octanol–water partition coefficient (Wildman–Crippen LogP) is 4.21. The molecule has 1 aliphatic rings. The first kappa shape index (κ1) is 21.8. The highest BCUT2D eigenvalue weighted by Gasteiger charge is 2.35. The van der Waals surface area contributed by atoms with Gasteiger partial charge in [-0.2, -0.15) is 4.31 Å². The van der Waals surface area contributed by atoms with Crippen molar-refractivity contribution in [2.75, 3.05) is 37.7 Å². The van der Waals surface area contributed by atoms with Gasteiger partial charge in [-0.1, -0.05) is 35.9 Å². The van der Waals surface area contributed by atoms with Crippen LogP contribution in [0.3, 0.4) is 0 Å². The second kappa shape index (κ2) is 8.61. The highest BCUT2D eigenvalue weighted by molar-refractivity contribution is 7.89. The van der Waals surface area contributed by atoms with Crippen LogP contribution in [0.2, 0.25) is 0 Å². The van der Waals surface area contributed by atoms with Gasteiger partial charge in [0.15, 0.2) is 0 Å². The van der Waals surface area contributed by atoms with Crippen molar-refractivity contribution in [1.82, 2.24) is 4.31 Å². The summed E-state index contributed by atoms with van der Waals surface area (Å²) in [5.74, 6) is -0.587. The Kier molecular flexibility index (Phi) is 6.05. The maximum Gasteiger partial charge on any atom is 0.349 e. The lowest BCUT2D eigenvalue weighted by Gasteiger charge is -2.36. The van der Waals surface area contributed by atoms with Crippen molar-refractivity contribution in [2.24, 2.45) is 0 Å². The van der Waals surface area contributed by atoms with Crippen LogP contribution in [-0.4, -0.2) is 51.5 Å². The number of nitrogens with zero attached hydrogens (tertiary/aromatic N) is 2. The number of carbonyl (C=O) groups excluding carboxylic acids is 1. The molecule has 0 radical (unpaired) electrons. The maximum atomic E-state index is 13.7. The molecule has 0 spiro atoms. The Morgan fingerprint density at radius 1 is 1.06 bits per heavy atom. The highest BCUT2D eigenvalue weighted by Crippen LogP contribution is 2.37. The SMILES string of the molecule is CCOC(=O)c1sc2ccccc2c1S(=O)(=O)N1CCN(c2ccc(C)cc2C)CC1. The average molecular weight is 459 g/mol. The Morgan fingerprint density at radius 3 is 2.45 bits per heavy atom. The van der Waals surface area contributed by atoms with E-state index in [1.54, 1.807) is 19.1 Å². The van der Waals surface area contributed by atoms with Crippen LogP contribution in [0.4, 0.5) is 5.69 Å². The zero-order valence-corrected chi connectivity index (χ0v) is 19.6. The smallest absolute Gasteiger partial charge is 0.349 e. The van der Waals surface area contributed by atoms with E-state index in [1.807, 2.05) is 12.1 Å². The number of hydrogen-bond donors (Lipinski definition) is 0. The fraction of sp³-hybridized carbons (Fsp3) is 0.348. The third kappa shape index (κ3) is 4.07. The molecule has 3 aromatic rings. The van der Waals surface area contributed by atoms with Gasteiger partial charge in [0, 0.05) is 42.0 Å². The third-order valence-electron chi connectivity index (χ3n) is 5.54. The number of fused-ring (bicyclic) bond motifs is 1. The Morgan fingerprint density at radius 2 is 1.77 bits per heavy atom. The Hall–Kier alpha value is -2.42. The van der Waals surface area contributed by atoms with Crippen LogP contribution >= 0.6 is 11.3 Å². The molecule has 31 heavy (non-hydrogen) atoms. The summed E-state index contributed by atoms with van der Waals surface area (Å²) in [5.41, 5.74) is 3.53. The van der Waals surface area contributed by atoms with Gasteiger partial charge in [-0.15, -0.1) is 11.3 Å². The topological polar surface area (TPSA) is 66.9 Å². The monoisotopic (exact) mass is 458 g/mol. The number of sulfonamides is 1. The summed E-state index contributed by atoms with van der Waals surface area (Å²) in [6.45, 7) is 7.97. The van der Waals surface area contributed by atoms with Gasteiger partial charge in [-0.25, -0.2) is 13.2 Å². The van der Waals surface area contributed by atoms with Crippen molar-refractivity contribution < 1.29 is 17.9 Å². The lowest BCUT2D eigenvalue weighted by molar-refractivity contribution is 0.0528. The number of anilines is 1. The zero-order chi connectivity index (χ0) is 22.2. The predicted molar refractivity (Wildman–Crippen MR) is 125 cm³/mol. The molecule has 2 heterocycles. The molecule has 0 N–H and O–H groups in total. The highest BCUT2D eigenvalue weighted by atomic mass is 32.2. The Labute approximate surface area is 187 Å². The number of carbonyl (C=O) groups is 1. The maximum absolute atomic E-state index is 13.7. The second-order valence-corrected chi connectivity index (χ2v) is 10.6. The Bertz CT molecular complexity index is 1230. The van der Waals surface area contributed by atoms with Crippen LogP contribution in [0.15, 0.2) is 47.4 Å². The number of hydrogen-bond acceptors (Lipinski definition) is 6. The summed E-state index contributed by atoms with van der Waals surface area (Å²) in [5, 5.41) is 0.576. The largest absolute Gasteiger partial charge is 0.462 e. The first-order chi connectivity index (χ1) is 14.8. The number of ether oxygens (including phenoxy) is 1. The van der Waals surface area contributed by atoms with Crippen LogP contribution in [0.25, 0.3) is 10.1 Å². The summed E-state index contributed by atoms with van der Waals surface area (Å²) < 4.78 is 34.7. The average Bonchev–Trinajstić information content (AvgIpc) is 3.15. The van der Waals surface area contributed by atoms with E-state index in [1.165, 1.54) is 26.8 Å². The summed E-state index contributed by atoms with van der Waals surface area (Å²) in [7, 11) is -3.85. The number of piperazine rings is 1. The van der Waals surface area contributed by atoms with Crippen molar-refractivity contribution in [2.45, 2.75) is 25.7 Å². The molecule has 1 aromatic heterocycles. The fourth-order valence-corrected chi connectivity index (χ4v) is 7.24. The van der Waals surface area contributed by atoms with Gasteiger partial charge in [0.2, 0.25) is 10.0 Å². The van der Waals surface area contributed by atoms with Gasteiger partial charge in [0.25, 0.3) is 0 Å². The molecule has 0 saturated carbocycles. The van der Waals surface area contributed by atoms with Gasteiger partial charge in [-0.05, 0) is 38.5 Å². The van der Waals surface area contributed by atoms with E-state index in [0.717, 1.165) is 10.4 Å². The number of thiophene rings is 1. The molecule has 1 saturated heterocycles. The van der Waals surface area contributed by atoms with Crippen molar-refractivity contribution in [1.29, 1.82) is 0 Å². The van der Waals surface area contributed by atoms with Crippen molar-refractivity contribution in [3.63, 3.8) is 0 Å². The summed E-state index contributed by atoms with van der Waals surface area (Å²) in [6, 6.07) is 13.5. The van der Waals surface area contributed by atoms with E-state index in [9.17, 15) is 13.2 Å². The van der Waals surface area contributed by atoms with E-state index >= 15 is 0 Å².